The van der Waals surface area contributed by atoms with Gasteiger partial charge in [-0.05, 0) is 6.92 Å². The summed E-state index contributed by atoms with van der Waals surface area (Å²) >= 11 is 0. The highest BCUT2D eigenvalue weighted by atomic mass is 16.5. The van der Waals surface area contributed by atoms with Gasteiger partial charge in [0.15, 0.2) is 6.19 Å². The van der Waals surface area contributed by atoms with Crippen LogP contribution in [0.15, 0.2) is 0 Å². The molecule has 1 fully saturated rings. The van der Waals surface area contributed by atoms with Crippen LogP contribution in [0.25, 0.3) is 0 Å². The molecule has 1 saturated heterocycles. The van der Waals surface area contributed by atoms with Crippen LogP contribution in [0.1, 0.15) is 27.2 Å². The topological polar surface area (TPSA) is 36.3 Å². The minimum atomic E-state index is 0.267. The lowest BCUT2D eigenvalue weighted by Gasteiger charge is -2.27. The second-order valence-corrected chi connectivity index (χ2v) is 2.92. The Hall–Kier alpha value is -0.750. The van der Waals surface area contributed by atoms with Crippen molar-refractivity contribution in [1.29, 1.82) is 5.26 Å². The van der Waals surface area contributed by atoms with Gasteiger partial charge in [0.05, 0.1) is 25.8 Å². The van der Waals surface area contributed by atoms with Gasteiger partial charge in [-0.3, -0.25) is 0 Å². The average Bonchev–Trinajstić information content (AvgIpc) is 2.07. The number of hydrogen-bond donors (Lipinski definition) is 0. The molecule has 0 aromatic rings. The first-order valence-electron chi connectivity index (χ1n) is 4.50. The van der Waals surface area contributed by atoms with Crippen molar-refractivity contribution < 1.29 is 4.74 Å². The molecule has 1 aliphatic rings. The minimum Gasteiger partial charge on any atom is -0.377 e. The van der Waals surface area contributed by atoms with E-state index in [1.807, 2.05) is 6.92 Å². The van der Waals surface area contributed by atoms with Crippen LogP contribution in [0, 0.1) is 11.5 Å². The van der Waals surface area contributed by atoms with Gasteiger partial charge < -0.3 is 9.64 Å². The van der Waals surface area contributed by atoms with Crippen molar-refractivity contribution in [3.63, 3.8) is 0 Å². The summed E-state index contributed by atoms with van der Waals surface area (Å²) in [5, 5.41) is 8.48. The van der Waals surface area contributed by atoms with Crippen LogP contribution in [0.2, 0.25) is 0 Å². The van der Waals surface area contributed by atoms with Crippen LogP contribution >= 0.6 is 0 Å². The Labute approximate surface area is 74.9 Å². The molecule has 0 bridgehead atoms. The standard InChI is InChI=1S/C6H10N2O.C3H8/c1-6-4-9-3-2-8(6)5-7;1-3-2/h6H,2-4H2,1H3;3H2,1-2H3. The number of ether oxygens (including phenoxy) is 1. The number of hydrogen-bond acceptors (Lipinski definition) is 3. The Morgan fingerprint density at radius 2 is 2.17 bits per heavy atom. The van der Waals surface area contributed by atoms with Crippen molar-refractivity contribution >= 4 is 0 Å². The summed E-state index contributed by atoms with van der Waals surface area (Å²) in [5.41, 5.74) is 0. The van der Waals surface area contributed by atoms with Crippen molar-refractivity contribution in [2.75, 3.05) is 19.8 Å². The molecule has 0 aliphatic carbocycles. The second-order valence-electron chi connectivity index (χ2n) is 2.92. The Morgan fingerprint density at radius 3 is 2.50 bits per heavy atom. The summed E-state index contributed by atoms with van der Waals surface area (Å²) in [5.74, 6) is 0. The lowest BCUT2D eigenvalue weighted by Crippen LogP contribution is -2.40. The fourth-order valence-electron chi connectivity index (χ4n) is 0.876. The largest absolute Gasteiger partial charge is 0.377 e. The fourth-order valence-corrected chi connectivity index (χ4v) is 0.876. The zero-order valence-electron chi connectivity index (χ0n) is 8.21. The molecular weight excluding hydrogens is 152 g/mol. The van der Waals surface area contributed by atoms with E-state index in [1.54, 1.807) is 4.90 Å². The molecule has 3 nitrogen and oxygen atoms in total. The fraction of sp³-hybridized carbons (Fsp3) is 0.889. The smallest absolute Gasteiger partial charge is 0.179 e. The van der Waals surface area contributed by atoms with Crippen molar-refractivity contribution in [3.05, 3.63) is 0 Å². The van der Waals surface area contributed by atoms with Gasteiger partial charge in [0, 0.05) is 0 Å². The van der Waals surface area contributed by atoms with Crippen LogP contribution in [0.4, 0.5) is 0 Å². The lowest BCUT2D eigenvalue weighted by atomic mass is 10.3. The number of nitrogens with zero attached hydrogens (tertiary/aromatic N) is 2. The van der Waals surface area contributed by atoms with Gasteiger partial charge in [-0.1, -0.05) is 20.3 Å². The van der Waals surface area contributed by atoms with Crippen LogP contribution in [-0.2, 0) is 4.74 Å². The predicted molar refractivity (Wildman–Crippen MR) is 48.6 cm³/mol. The molecule has 12 heavy (non-hydrogen) atoms. The molecule has 1 rings (SSSR count). The maximum absolute atomic E-state index is 8.48. The summed E-state index contributed by atoms with van der Waals surface area (Å²) in [6.45, 7) is 8.37. The predicted octanol–water partition coefficient (Wildman–Crippen LogP) is 1.60. The Balaban J connectivity index is 0.000000354. The maximum Gasteiger partial charge on any atom is 0.179 e. The minimum absolute atomic E-state index is 0.267. The van der Waals surface area contributed by atoms with Gasteiger partial charge in [0.1, 0.15) is 0 Å². The molecule has 1 aliphatic heterocycles. The Kier molecular flexibility index (Phi) is 6.50. The molecule has 0 saturated carbocycles. The maximum atomic E-state index is 8.48. The van der Waals surface area contributed by atoms with Crippen molar-refractivity contribution in [3.8, 4) is 6.19 Å². The quantitative estimate of drug-likeness (QED) is 0.518. The van der Waals surface area contributed by atoms with Gasteiger partial charge in [0.25, 0.3) is 0 Å². The zero-order valence-corrected chi connectivity index (χ0v) is 8.21. The molecule has 70 valence electrons. The monoisotopic (exact) mass is 170 g/mol. The van der Waals surface area contributed by atoms with E-state index in [0.29, 0.717) is 13.2 Å². The van der Waals surface area contributed by atoms with E-state index in [4.69, 9.17) is 10.00 Å². The van der Waals surface area contributed by atoms with E-state index in [2.05, 4.69) is 20.0 Å². The SMILES string of the molecule is CC1COCCN1C#N.CCC. The van der Waals surface area contributed by atoms with Gasteiger partial charge in [-0.25, -0.2) is 0 Å². The zero-order chi connectivity index (χ0) is 9.40. The van der Waals surface area contributed by atoms with E-state index in [-0.39, 0.29) is 6.04 Å². The van der Waals surface area contributed by atoms with Gasteiger partial charge in [-0.2, -0.15) is 5.26 Å². The van der Waals surface area contributed by atoms with Crippen LogP contribution in [0.3, 0.4) is 0 Å². The third kappa shape index (κ3) is 4.20. The highest BCUT2D eigenvalue weighted by Crippen LogP contribution is 2.02. The average molecular weight is 170 g/mol. The molecule has 0 aromatic heterocycles. The first-order chi connectivity index (χ1) is 5.76. The van der Waals surface area contributed by atoms with E-state index in [0.717, 1.165) is 6.54 Å². The van der Waals surface area contributed by atoms with Gasteiger partial charge in [0.2, 0.25) is 0 Å². The molecule has 3 heteroatoms. The first kappa shape index (κ1) is 11.2. The van der Waals surface area contributed by atoms with Crippen LogP contribution in [-0.4, -0.2) is 30.7 Å². The number of nitriles is 1. The summed E-state index contributed by atoms with van der Waals surface area (Å²) in [7, 11) is 0. The summed E-state index contributed by atoms with van der Waals surface area (Å²) in [6, 6.07) is 0.267. The summed E-state index contributed by atoms with van der Waals surface area (Å²) in [6.07, 6.45) is 3.36. The highest BCUT2D eigenvalue weighted by molar-refractivity contribution is 4.81. The van der Waals surface area contributed by atoms with Gasteiger partial charge in [-0.15, -0.1) is 0 Å². The third-order valence-corrected chi connectivity index (χ3v) is 1.50. The Morgan fingerprint density at radius 1 is 1.58 bits per heavy atom. The summed E-state index contributed by atoms with van der Waals surface area (Å²) in [4.78, 5) is 1.74. The van der Waals surface area contributed by atoms with Crippen LogP contribution < -0.4 is 0 Å². The normalized spacial score (nSPS) is 22.2. The first-order valence-corrected chi connectivity index (χ1v) is 4.50. The Bertz CT molecular complexity index is 142. The van der Waals surface area contributed by atoms with E-state index >= 15 is 0 Å². The van der Waals surface area contributed by atoms with E-state index < -0.39 is 0 Å². The highest BCUT2D eigenvalue weighted by Gasteiger charge is 2.15. The molecule has 0 N–H and O–H groups in total. The second kappa shape index (κ2) is 6.93. The lowest BCUT2D eigenvalue weighted by molar-refractivity contribution is 0.0272. The molecule has 0 spiro atoms. The number of rotatable bonds is 0. The van der Waals surface area contributed by atoms with Gasteiger partial charge >= 0.3 is 0 Å². The number of morpholine rings is 1. The van der Waals surface area contributed by atoms with Crippen molar-refractivity contribution in [1.82, 2.24) is 4.90 Å². The third-order valence-electron chi connectivity index (χ3n) is 1.50. The summed E-state index contributed by atoms with van der Waals surface area (Å²) < 4.78 is 5.12. The molecular formula is C9H18N2O. The molecule has 0 aromatic carbocycles. The van der Waals surface area contributed by atoms with Crippen LogP contribution in [0.5, 0.6) is 0 Å². The van der Waals surface area contributed by atoms with Crippen molar-refractivity contribution in [2.45, 2.75) is 33.2 Å². The van der Waals surface area contributed by atoms with E-state index in [1.165, 1.54) is 6.42 Å². The molecule has 1 unspecified atom stereocenters. The molecule has 0 amide bonds. The molecule has 0 radical (unpaired) electrons. The van der Waals surface area contributed by atoms with Crippen molar-refractivity contribution in [2.24, 2.45) is 0 Å². The molecule has 1 heterocycles. The van der Waals surface area contributed by atoms with E-state index in [9.17, 15) is 0 Å². The molecule has 1 atom stereocenters.